The van der Waals surface area contributed by atoms with E-state index in [-0.39, 0.29) is 12.4 Å². The average Bonchev–Trinajstić information content (AvgIpc) is 2.91. The number of hydrogen-bond donors (Lipinski definition) is 2. The highest BCUT2D eigenvalue weighted by Crippen LogP contribution is 2.55. The molecule has 0 bridgehead atoms. The predicted octanol–water partition coefficient (Wildman–Crippen LogP) is 1.66. The quantitative estimate of drug-likeness (QED) is 0.756. The molecule has 1 aliphatic carbocycles. The topological polar surface area (TPSA) is 61.4 Å². The van der Waals surface area contributed by atoms with Crippen molar-refractivity contribution in [3.05, 3.63) is 22.4 Å². The number of halogens is 1. The zero-order chi connectivity index (χ0) is 15.6. The van der Waals surface area contributed by atoms with Gasteiger partial charge in [-0.1, -0.05) is 0 Å². The molecule has 1 aromatic heterocycles. The molecular weight excluding hydrogens is 354 g/mol. The number of nitrogens with zero attached hydrogens (tertiary/aromatic N) is 1. The first-order valence-corrected chi connectivity index (χ1v) is 10.7. The number of piperidine rings is 1. The minimum absolute atomic E-state index is 0. The Bertz CT molecular complexity index is 586. The van der Waals surface area contributed by atoms with Crippen LogP contribution in [0, 0.1) is 5.41 Å². The molecule has 8 heteroatoms. The Labute approximate surface area is 149 Å². The van der Waals surface area contributed by atoms with Crippen molar-refractivity contribution in [1.82, 2.24) is 14.9 Å². The summed E-state index contributed by atoms with van der Waals surface area (Å²) in [4.78, 5) is 2.48. The molecular formula is C15H26ClN3O2S2. The Morgan fingerprint density at radius 1 is 1.43 bits per heavy atom. The van der Waals surface area contributed by atoms with Crippen molar-refractivity contribution in [3.8, 4) is 0 Å². The molecule has 3 rings (SSSR count). The van der Waals surface area contributed by atoms with Gasteiger partial charge in [-0.25, -0.2) is 13.1 Å². The Morgan fingerprint density at radius 2 is 2.17 bits per heavy atom. The van der Waals surface area contributed by atoms with Gasteiger partial charge in [0.2, 0.25) is 10.0 Å². The highest BCUT2D eigenvalue weighted by molar-refractivity contribution is 7.88. The van der Waals surface area contributed by atoms with Gasteiger partial charge in [0.05, 0.1) is 6.26 Å². The van der Waals surface area contributed by atoms with Crippen molar-refractivity contribution in [3.63, 3.8) is 0 Å². The predicted molar refractivity (Wildman–Crippen MR) is 97.8 cm³/mol. The molecule has 5 nitrogen and oxygen atoms in total. The van der Waals surface area contributed by atoms with E-state index >= 15 is 0 Å². The zero-order valence-corrected chi connectivity index (χ0v) is 15.9. The summed E-state index contributed by atoms with van der Waals surface area (Å²) in [5.41, 5.74) is 1.81. The number of thiophene rings is 1. The van der Waals surface area contributed by atoms with Gasteiger partial charge in [-0.15, -0.1) is 12.4 Å². The highest BCUT2D eigenvalue weighted by atomic mass is 35.5. The maximum atomic E-state index is 11.3. The normalized spacial score (nSPS) is 23.0. The number of rotatable bonds is 7. The molecule has 132 valence electrons. The van der Waals surface area contributed by atoms with Gasteiger partial charge in [0.25, 0.3) is 0 Å². The fourth-order valence-electron chi connectivity index (χ4n) is 3.64. The summed E-state index contributed by atoms with van der Waals surface area (Å²) in [5, 5.41) is 7.74. The summed E-state index contributed by atoms with van der Waals surface area (Å²) in [6.45, 7) is 4.43. The molecule has 1 spiro atoms. The van der Waals surface area contributed by atoms with Gasteiger partial charge in [-0.3, -0.25) is 4.90 Å². The third-order valence-electron chi connectivity index (χ3n) is 4.92. The van der Waals surface area contributed by atoms with Crippen LogP contribution in [0.15, 0.2) is 16.8 Å². The Balaban J connectivity index is 0.00000192. The van der Waals surface area contributed by atoms with E-state index in [1.807, 2.05) is 0 Å². The maximum absolute atomic E-state index is 11.3. The van der Waals surface area contributed by atoms with Crippen LogP contribution in [0.4, 0.5) is 0 Å². The SMILES string of the molecule is CS(=O)(=O)NCCN(Cc1ccsc1)C1CC12CCNCC2.Cl. The minimum Gasteiger partial charge on any atom is -0.317 e. The summed E-state index contributed by atoms with van der Waals surface area (Å²) in [7, 11) is -3.11. The van der Waals surface area contributed by atoms with E-state index in [0.29, 0.717) is 18.0 Å². The Kier molecular flexibility index (Phi) is 6.49. The zero-order valence-electron chi connectivity index (χ0n) is 13.5. The molecule has 0 amide bonds. The largest absolute Gasteiger partial charge is 0.317 e. The van der Waals surface area contributed by atoms with Gasteiger partial charge in [-0.2, -0.15) is 11.3 Å². The molecule has 0 aromatic carbocycles. The first-order valence-electron chi connectivity index (χ1n) is 7.89. The van der Waals surface area contributed by atoms with Crippen molar-refractivity contribution in [2.24, 2.45) is 5.41 Å². The number of hydrogen-bond acceptors (Lipinski definition) is 5. The molecule has 2 heterocycles. The van der Waals surface area contributed by atoms with E-state index in [1.54, 1.807) is 11.3 Å². The van der Waals surface area contributed by atoms with Crippen molar-refractivity contribution >= 4 is 33.8 Å². The minimum atomic E-state index is -3.11. The lowest BCUT2D eigenvalue weighted by Gasteiger charge is -2.29. The molecule has 1 aromatic rings. The highest BCUT2D eigenvalue weighted by Gasteiger charge is 2.56. The van der Waals surface area contributed by atoms with Crippen molar-refractivity contribution in [2.75, 3.05) is 32.4 Å². The van der Waals surface area contributed by atoms with E-state index in [0.717, 1.165) is 26.2 Å². The van der Waals surface area contributed by atoms with E-state index in [4.69, 9.17) is 0 Å². The van der Waals surface area contributed by atoms with E-state index < -0.39 is 10.0 Å². The van der Waals surface area contributed by atoms with Crippen molar-refractivity contribution in [1.29, 1.82) is 0 Å². The molecule has 23 heavy (non-hydrogen) atoms. The van der Waals surface area contributed by atoms with Crippen LogP contribution >= 0.6 is 23.7 Å². The summed E-state index contributed by atoms with van der Waals surface area (Å²) in [6.07, 6.45) is 4.98. The summed E-state index contributed by atoms with van der Waals surface area (Å²) in [5.74, 6) is 0. The molecule has 1 aliphatic heterocycles. The third-order valence-corrected chi connectivity index (χ3v) is 6.38. The van der Waals surface area contributed by atoms with Crippen LogP contribution in [0.2, 0.25) is 0 Å². The van der Waals surface area contributed by atoms with Crippen LogP contribution in [0.25, 0.3) is 0 Å². The lowest BCUT2D eigenvalue weighted by Crippen LogP contribution is -2.39. The smallest absolute Gasteiger partial charge is 0.208 e. The standard InChI is InChI=1S/C15H25N3O2S2.ClH/c1-22(19,20)17-7-8-18(11-13-2-9-21-12-13)14-10-15(14)3-5-16-6-4-15;/h2,9,12,14,16-17H,3-8,10-11H2,1H3;1H. The molecule has 1 saturated heterocycles. The van der Waals surface area contributed by atoms with Crippen molar-refractivity contribution in [2.45, 2.75) is 31.8 Å². The first kappa shape index (κ1) is 19.1. The second-order valence-electron chi connectivity index (χ2n) is 6.60. The molecule has 1 unspecified atom stereocenters. The van der Waals surface area contributed by atoms with Gasteiger partial charge in [-0.05, 0) is 60.2 Å². The van der Waals surface area contributed by atoms with Crippen LogP contribution < -0.4 is 10.0 Å². The van der Waals surface area contributed by atoms with Gasteiger partial charge in [0.15, 0.2) is 0 Å². The average molecular weight is 380 g/mol. The van der Waals surface area contributed by atoms with Crippen LogP contribution in [0.5, 0.6) is 0 Å². The Hall–Kier alpha value is -0.180. The second-order valence-corrected chi connectivity index (χ2v) is 9.21. The van der Waals surface area contributed by atoms with E-state index in [1.165, 1.54) is 31.1 Å². The van der Waals surface area contributed by atoms with Gasteiger partial charge in [0.1, 0.15) is 0 Å². The lowest BCUT2D eigenvalue weighted by atomic mass is 9.93. The van der Waals surface area contributed by atoms with Gasteiger partial charge in [0, 0.05) is 25.7 Å². The fourth-order valence-corrected chi connectivity index (χ4v) is 4.76. The van der Waals surface area contributed by atoms with E-state index in [9.17, 15) is 8.42 Å². The molecule has 2 fully saturated rings. The molecule has 1 saturated carbocycles. The van der Waals surface area contributed by atoms with Gasteiger partial charge < -0.3 is 5.32 Å². The van der Waals surface area contributed by atoms with E-state index in [2.05, 4.69) is 31.8 Å². The maximum Gasteiger partial charge on any atom is 0.208 e. The fraction of sp³-hybridized carbons (Fsp3) is 0.733. The Morgan fingerprint density at radius 3 is 2.78 bits per heavy atom. The van der Waals surface area contributed by atoms with Crippen LogP contribution in [0.1, 0.15) is 24.8 Å². The monoisotopic (exact) mass is 379 g/mol. The van der Waals surface area contributed by atoms with Gasteiger partial charge >= 0.3 is 0 Å². The first-order chi connectivity index (χ1) is 10.5. The second kappa shape index (κ2) is 7.80. The van der Waals surface area contributed by atoms with Crippen LogP contribution in [-0.2, 0) is 16.6 Å². The molecule has 2 N–H and O–H groups in total. The third kappa shape index (κ3) is 5.14. The van der Waals surface area contributed by atoms with Crippen LogP contribution in [0.3, 0.4) is 0 Å². The van der Waals surface area contributed by atoms with Crippen LogP contribution in [-0.4, -0.2) is 51.8 Å². The molecule has 2 aliphatic rings. The summed E-state index contributed by atoms with van der Waals surface area (Å²) in [6, 6.07) is 2.77. The summed E-state index contributed by atoms with van der Waals surface area (Å²) >= 11 is 1.72. The summed E-state index contributed by atoms with van der Waals surface area (Å²) < 4.78 is 25.2. The molecule has 1 atom stereocenters. The number of sulfonamides is 1. The lowest BCUT2D eigenvalue weighted by molar-refractivity contribution is 0.198. The van der Waals surface area contributed by atoms with Crippen molar-refractivity contribution < 1.29 is 8.42 Å². The molecule has 0 radical (unpaired) electrons. The number of nitrogens with one attached hydrogen (secondary N) is 2.